The van der Waals surface area contributed by atoms with E-state index < -0.39 is 0 Å². The van der Waals surface area contributed by atoms with Crippen molar-refractivity contribution in [3.8, 4) is 0 Å². The van der Waals surface area contributed by atoms with Crippen LogP contribution in [0, 0.1) is 12.8 Å². The van der Waals surface area contributed by atoms with Gasteiger partial charge < -0.3 is 10.2 Å². The molecule has 2 rings (SSSR count). The molecule has 5 heteroatoms. The number of aryl methyl sites for hydroxylation is 2. The van der Waals surface area contributed by atoms with E-state index >= 15 is 0 Å². The van der Waals surface area contributed by atoms with Gasteiger partial charge in [0.15, 0.2) is 0 Å². The predicted octanol–water partition coefficient (Wildman–Crippen LogP) is 2.96. The zero-order valence-corrected chi connectivity index (χ0v) is 16.2. The molecule has 136 valence electrons. The summed E-state index contributed by atoms with van der Waals surface area (Å²) in [6, 6.07) is 10.3. The van der Waals surface area contributed by atoms with Gasteiger partial charge >= 0.3 is 0 Å². The highest BCUT2D eigenvalue weighted by molar-refractivity contribution is 5.92. The number of carbonyl (C=O) groups is 1. The van der Waals surface area contributed by atoms with E-state index in [9.17, 15) is 4.79 Å². The van der Waals surface area contributed by atoms with E-state index in [4.69, 9.17) is 0 Å². The highest BCUT2D eigenvalue weighted by Crippen LogP contribution is 2.21. The molecule has 0 fully saturated rings. The summed E-state index contributed by atoms with van der Waals surface area (Å²) in [6.07, 6.45) is 0.880. The SMILES string of the molecule is Cc1ccccc1[C@@H](CNC(=O)c1cc(CC(C)C)nn1C)N(C)C. The fraction of sp³-hybridized carbons (Fsp3) is 0.500. The fourth-order valence-electron chi connectivity index (χ4n) is 3.07. The Morgan fingerprint density at radius 2 is 1.96 bits per heavy atom. The van der Waals surface area contributed by atoms with E-state index in [1.807, 2.05) is 39.3 Å². The molecule has 5 nitrogen and oxygen atoms in total. The van der Waals surface area contributed by atoms with E-state index in [-0.39, 0.29) is 11.9 Å². The van der Waals surface area contributed by atoms with Gasteiger partial charge in [-0.2, -0.15) is 5.10 Å². The van der Waals surface area contributed by atoms with Crippen LogP contribution in [0.4, 0.5) is 0 Å². The minimum absolute atomic E-state index is 0.0783. The molecule has 0 aliphatic rings. The maximum absolute atomic E-state index is 12.6. The minimum Gasteiger partial charge on any atom is -0.349 e. The molecule has 0 bridgehead atoms. The van der Waals surface area contributed by atoms with Crippen molar-refractivity contribution in [2.24, 2.45) is 13.0 Å². The van der Waals surface area contributed by atoms with Crippen molar-refractivity contribution in [3.63, 3.8) is 0 Å². The molecular formula is C20H30N4O. The lowest BCUT2D eigenvalue weighted by Gasteiger charge is -2.26. The normalized spacial score (nSPS) is 12.6. The topological polar surface area (TPSA) is 50.2 Å². The van der Waals surface area contributed by atoms with Gasteiger partial charge in [0.1, 0.15) is 5.69 Å². The third-order valence-corrected chi connectivity index (χ3v) is 4.41. The predicted molar refractivity (Wildman–Crippen MR) is 102 cm³/mol. The number of carbonyl (C=O) groups excluding carboxylic acids is 1. The number of nitrogens with one attached hydrogen (secondary N) is 1. The number of nitrogens with zero attached hydrogens (tertiary/aromatic N) is 3. The molecule has 25 heavy (non-hydrogen) atoms. The molecule has 1 N–H and O–H groups in total. The molecule has 0 spiro atoms. The van der Waals surface area contributed by atoms with Crippen LogP contribution in [0.25, 0.3) is 0 Å². The molecule has 0 aliphatic carbocycles. The van der Waals surface area contributed by atoms with Crippen molar-refractivity contribution in [2.75, 3.05) is 20.6 Å². The molecular weight excluding hydrogens is 312 g/mol. The Morgan fingerprint density at radius 1 is 1.28 bits per heavy atom. The number of likely N-dealkylation sites (N-methyl/N-ethyl adjacent to an activating group) is 1. The first-order valence-electron chi connectivity index (χ1n) is 8.82. The minimum atomic E-state index is -0.0783. The van der Waals surface area contributed by atoms with Crippen molar-refractivity contribution < 1.29 is 4.79 Å². The van der Waals surface area contributed by atoms with Crippen molar-refractivity contribution >= 4 is 5.91 Å². The lowest BCUT2D eigenvalue weighted by molar-refractivity contribution is 0.0932. The van der Waals surface area contributed by atoms with Gasteiger partial charge in [0, 0.05) is 13.6 Å². The van der Waals surface area contributed by atoms with Crippen LogP contribution in [0.5, 0.6) is 0 Å². The van der Waals surface area contributed by atoms with Gasteiger partial charge in [-0.3, -0.25) is 9.48 Å². The fourth-order valence-corrected chi connectivity index (χ4v) is 3.07. The second-order valence-corrected chi connectivity index (χ2v) is 7.29. The average Bonchev–Trinajstić information content (AvgIpc) is 2.88. The summed E-state index contributed by atoms with van der Waals surface area (Å²) in [5.41, 5.74) is 4.04. The smallest absolute Gasteiger partial charge is 0.269 e. The number of hydrogen-bond donors (Lipinski definition) is 1. The van der Waals surface area contributed by atoms with Crippen molar-refractivity contribution in [3.05, 3.63) is 52.8 Å². The molecule has 0 radical (unpaired) electrons. The van der Waals surface area contributed by atoms with E-state index in [1.165, 1.54) is 11.1 Å². The zero-order chi connectivity index (χ0) is 18.6. The van der Waals surface area contributed by atoms with Crippen LogP contribution in [0.15, 0.2) is 30.3 Å². The molecule has 0 aliphatic heterocycles. The lowest BCUT2D eigenvalue weighted by atomic mass is 10.0. The molecule has 0 saturated carbocycles. The Morgan fingerprint density at radius 3 is 2.56 bits per heavy atom. The largest absolute Gasteiger partial charge is 0.349 e. The molecule has 1 aromatic heterocycles. The highest BCUT2D eigenvalue weighted by Gasteiger charge is 2.19. The average molecular weight is 342 g/mol. The number of amides is 1. The summed E-state index contributed by atoms with van der Waals surface area (Å²) in [5, 5.41) is 7.52. The Labute approximate surface area is 151 Å². The molecule has 0 saturated heterocycles. The summed E-state index contributed by atoms with van der Waals surface area (Å²) in [6.45, 7) is 6.96. The first-order valence-corrected chi connectivity index (χ1v) is 8.82. The summed E-state index contributed by atoms with van der Waals surface area (Å²) in [5.74, 6) is 0.440. The number of rotatable bonds is 7. The molecule has 0 unspecified atom stereocenters. The van der Waals surface area contributed by atoms with Crippen molar-refractivity contribution in [1.82, 2.24) is 20.0 Å². The van der Waals surface area contributed by atoms with Gasteiger partial charge in [-0.15, -0.1) is 0 Å². The van der Waals surface area contributed by atoms with E-state index in [0.29, 0.717) is 18.2 Å². The lowest BCUT2D eigenvalue weighted by Crippen LogP contribution is -2.35. The Balaban J connectivity index is 2.09. The Bertz CT molecular complexity index is 718. The van der Waals surface area contributed by atoms with E-state index in [1.54, 1.807) is 4.68 Å². The van der Waals surface area contributed by atoms with Gasteiger partial charge in [0.25, 0.3) is 5.91 Å². The zero-order valence-electron chi connectivity index (χ0n) is 16.2. The quantitative estimate of drug-likeness (QED) is 0.842. The second-order valence-electron chi connectivity index (χ2n) is 7.29. The van der Waals surface area contributed by atoms with E-state index in [0.717, 1.165) is 12.1 Å². The van der Waals surface area contributed by atoms with Crippen LogP contribution in [-0.4, -0.2) is 41.2 Å². The van der Waals surface area contributed by atoms with Crippen LogP contribution >= 0.6 is 0 Å². The molecule has 1 amide bonds. The van der Waals surface area contributed by atoms with Crippen LogP contribution in [0.1, 0.15) is 47.2 Å². The standard InChI is InChI=1S/C20H30N4O/c1-14(2)11-16-12-18(24(6)22-16)20(25)21-13-19(23(4)5)17-10-8-7-9-15(17)3/h7-10,12,14,19H,11,13H2,1-6H3,(H,21,25)/t19-/m1/s1. The third kappa shape index (κ3) is 4.92. The molecule has 1 atom stereocenters. The summed E-state index contributed by atoms with van der Waals surface area (Å²) in [4.78, 5) is 14.8. The maximum Gasteiger partial charge on any atom is 0.269 e. The van der Waals surface area contributed by atoms with Crippen molar-refractivity contribution in [2.45, 2.75) is 33.2 Å². The number of benzene rings is 1. The Kier molecular flexibility index (Phi) is 6.37. The maximum atomic E-state index is 12.6. The van der Waals surface area contributed by atoms with Gasteiger partial charge in [-0.25, -0.2) is 0 Å². The summed E-state index contributed by atoms with van der Waals surface area (Å²) < 4.78 is 1.67. The first kappa shape index (κ1) is 19.2. The summed E-state index contributed by atoms with van der Waals surface area (Å²) in [7, 11) is 5.89. The van der Waals surface area contributed by atoms with Crippen LogP contribution in [-0.2, 0) is 13.5 Å². The monoisotopic (exact) mass is 342 g/mol. The first-order chi connectivity index (χ1) is 11.8. The van der Waals surface area contributed by atoms with Gasteiger partial charge in [-0.1, -0.05) is 38.1 Å². The summed E-state index contributed by atoms with van der Waals surface area (Å²) >= 11 is 0. The molecule has 1 aromatic carbocycles. The highest BCUT2D eigenvalue weighted by atomic mass is 16.2. The second kappa shape index (κ2) is 8.30. The van der Waals surface area contributed by atoms with Crippen LogP contribution in [0.2, 0.25) is 0 Å². The van der Waals surface area contributed by atoms with Gasteiger partial charge in [-0.05, 0) is 50.6 Å². The van der Waals surface area contributed by atoms with Crippen LogP contribution < -0.4 is 5.32 Å². The Hall–Kier alpha value is -2.14. The van der Waals surface area contributed by atoms with Crippen LogP contribution in [0.3, 0.4) is 0 Å². The number of hydrogen-bond acceptors (Lipinski definition) is 3. The molecule has 2 aromatic rings. The number of aromatic nitrogens is 2. The van der Waals surface area contributed by atoms with Gasteiger partial charge in [0.05, 0.1) is 11.7 Å². The molecule has 1 heterocycles. The van der Waals surface area contributed by atoms with Crippen molar-refractivity contribution in [1.29, 1.82) is 0 Å². The van der Waals surface area contributed by atoms with Gasteiger partial charge in [0.2, 0.25) is 0 Å². The van der Waals surface area contributed by atoms with E-state index in [2.05, 4.69) is 48.2 Å². The third-order valence-electron chi connectivity index (χ3n) is 4.41.